The lowest BCUT2D eigenvalue weighted by Crippen LogP contribution is -2.59. The monoisotopic (exact) mass is 936 g/mol. The number of piperazine rings is 1. The zero-order valence-corrected chi connectivity index (χ0v) is 40.5. The molecule has 16 nitrogen and oxygen atoms in total. The number of amides is 3. The highest BCUT2D eigenvalue weighted by Crippen LogP contribution is 2.46. The molecular formula is C47H65ClN8O8S. The van der Waals surface area contributed by atoms with Gasteiger partial charge in [0.05, 0.1) is 24.9 Å². The van der Waals surface area contributed by atoms with Crippen LogP contribution in [0.2, 0.25) is 5.02 Å². The molecule has 1 unspecified atom stereocenters. The highest BCUT2D eigenvalue weighted by atomic mass is 35.5. The molecule has 354 valence electrons. The van der Waals surface area contributed by atoms with E-state index in [9.17, 15) is 19.2 Å². The maximum Gasteiger partial charge on any atom is 0.408 e. The molecule has 0 radical (unpaired) electrons. The molecule has 3 aromatic rings. The Balaban J connectivity index is 1.20. The van der Waals surface area contributed by atoms with Crippen molar-refractivity contribution in [2.45, 2.75) is 110 Å². The zero-order valence-electron chi connectivity index (χ0n) is 38.9. The van der Waals surface area contributed by atoms with Crippen molar-refractivity contribution in [2.24, 2.45) is 17.3 Å². The fraction of sp³-hybridized carbons (Fsp3) is 0.617. The fourth-order valence-electron chi connectivity index (χ4n) is 9.03. The number of nitrogens with one attached hydrogen (secondary N) is 3. The molecule has 0 spiro atoms. The van der Waals surface area contributed by atoms with Gasteiger partial charge in [-0.15, -0.1) is 17.9 Å². The third-order valence-corrected chi connectivity index (χ3v) is 14.1. The largest absolute Gasteiger partial charge is 0.491 e. The van der Waals surface area contributed by atoms with Crippen molar-refractivity contribution >= 4 is 62.8 Å². The molecule has 4 aliphatic rings. The highest BCUT2D eigenvalue weighted by molar-refractivity contribution is 7.14. The van der Waals surface area contributed by atoms with E-state index >= 15 is 0 Å². The fourth-order valence-corrected chi connectivity index (χ4v) is 10.1. The van der Waals surface area contributed by atoms with E-state index in [1.165, 1.54) is 23.3 Å². The average Bonchev–Trinajstić information content (AvgIpc) is 3.57. The van der Waals surface area contributed by atoms with Gasteiger partial charge in [-0.1, -0.05) is 45.4 Å². The normalized spacial score (nSPS) is 25.3. The summed E-state index contributed by atoms with van der Waals surface area (Å²) in [6.45, 7) is 20.7. The number of alkyl carbamates (subject to hydrolysis) is 1. The number of carbonyl (C=O) groups excluding carboxylic acids is 4. The number of pyridine rings is 1. The van der Waals surface area contributed by atoms with Crippen molar-refractivity contribution in [3.63, 3.8) is 0 Å². The van der Waals surface area contributed by atoms with Crippen molar-refractivity contribution < 1.29 is 38.1 Å². The summed E-state index contributed by atoms with van der Waals surface area (Å²) in [7, 11) is 3.39. The predicted octanol–water partition coefficient (Wildman–Crippen LogP) is 6.37. The summed E-state index contributed by atoms with van der Waals surface area (Å²) in [6.07, 6.45) is 2.80. The molecule has 65 heavy (non-hydrogen) atoms. The maximum atomic E-state index is 14.9. The molecule has 2 aliphatic heterocycles. The van der Waals surface area contributed by atoms with Crippen LogP contribution in [0.5, 0.6) is 11.5 Å². The summed E-state index contributed by atoms with van der Waals surface area (Å²) in [4.78, 5) is 71.8. The third kappa shape index (κ3) is 11.1. The van der Waals surface area contributed by atoms with E-state index < -0.39 is 53.0 Å². The number of halogens is 1. The average molecular weight is 938 g/mol. The molecule has 3 N–H and O–H groups in total. The van der Waals surface area contributed by atoms with Crippen molar-refractivity contribution in [2.75, 3.05) is 65.3 Å². The van der Waals surface area contributed by atoms with Gasteiger partial charge in [-0.2, -0.15) is 0 Å². The van der Waals surface area contributed by atoms with Crippen LogP contribution in [-0.4, -0.2) is 144 Å². The first kappa shape index (κ1) is 48.2. The first-order valence-corrected chi connectivity index (χ1v) is 24.0. The summed E-state index contributed by atoms with van der Waals surface area (Å²) < 4.78 is 24.0. The molecule has 1 aromatic carbocycles. The molecule has 0 bridgehead atoms. The second-order valence-corrected chi connectivity index (χ2v) is 20.7. The molecule has 7 rings (SSSR count). The summed E-state index contributed by atoms with van der Waals surface area (Å²) in [5.74, 6) is -0.642. The number of likely N-dealkylation sites (tertiary alicyclic amines) is 1. The maximum absolute atomic E-state index is 14.9. The molecule has 2 saturated heterocycles. The lowest BCUT2D eigenvalue weighted by atomic mass is 9.85. The van der Waals surface area contributed by atoms with Gasteiger partial charge in [-0.25, -0.2) is 19.6 Å². The number of likely N-dealkylation sites (N-methyl/N-ethyl adjacent to an activating group) is 1. The molecule has 2 aromatic heterocycles. The number of anilines is 1. The van der Waals surface area contributed by atoms with Crippen LogP contribution in [0.3, 0.4) is 0 Å². The molecule has 7 atom stereocenters. The third-order valence-electron chi connectivity index (χ3n) is 12.9. The van der Waals surface area contributed by atoms with Crippen molar-refractivity contribution in [3.05, 3.63) is 41.3 Å². The van der Waals surface area contributed by atoms with Gasteiger partial charge >= 0.3 is 12.1 Å². The van der Waals surface area contributed by atoms with E-state index in [0.29, 0.717) is 57.8 Å². The number of esters is 1. The quantitative estimate of drug-likeness (QED) is 0.107. The molecule has 4 heterocycles. The first-order chi connectivity index (χ1) is 30.9. The summed E-state index contributed by atoms with van der Waals surface area (Å²) in [5, 5.41) is 12.7. The summed E-state index contributed by atoms with van der Waals surface area (Å²) in [5.41, 5.74) is -0.535. The Kier molecular flexibility index (Phi) is 14.9. The molecular weight excluding hydrogens is 872 g/mol. The van der Waals surface area contributed by atoms with E-state index in [2.05, 4.69) is 46.3 Å². The Hall–Kier alpha value is -4.71. The highest BCUT2D eigenvalue weighted by Gasteiger charge is 2.62. The van der Waals surface area contributed by atoms with Gasteiger partial charge in [0.15, 0.2) is 5.13 Å². The Morgan fingerprint density at radius 2 is 1.80 bits per heavy atom. The van der Waals surface area contributed by atoms with E-state index in [-0.39, 0.29) is 31.0 Å². The number of rotatable bonds is 16. The SMILES string of the molecule is C=C[C@@H]1CC1(NC(=O)[C@@H]1C[C@@H](Oc2cc(-c3csc(NC(C)C)n3)nc3c(Cl)c(OCCN4CCN(C)CC4)ccc23)CN1C(=O)[C@@H](NC(=O)O[C@H]1CC[C@@H](C)C1)C(C)(C)C)C(=O)OC. The zero-order chi connectivity index (χ0) is 46.8. The second-order valence-electron chi connectivity index (χ2n) is 19.5. The number of hydrogen-bond donors (Lipinski definition) is 3. The smallest absolute Gasteiger partial charge is 0.408 e. The Morgan fingerprint density at radius 1 is 1.05 bits per heavy atom. The van der Waals surface area contributed by atoms with Crippen LogP contribution < -0.4 is 25.4 Å². The van der Waals surface area contributed by atoms with Crippen LogP contribution in [0.15, 0.2) is 36.2 Å². The number of methoxy groups -OCH3 is 1. The summed E-state index contributed by atoms with van der Waals surface area (Å²) in [6, 6.07) is 3.46. The van der Waals surface area contributed by atoms with E-state index in [1.54, 1.807) is 18.2 Å². The van der Waals surface area contributed by atoms with Crippen LogP contribution in [0.25, 0.3) is 22.3 Å². The molecule has 2 saturated carbocycles. The van der Waals surface area contributed by atoms with Crippen LogP contribution in [0.4, 0.5) is 9.93 Å². The van der Waals surface area contributed by atoms with E-state index in [1.807, 2.05) is 46.1 Å². The van der Waals surface area contributed by atoms with Crippen molar-refractivity contribution in [1.29, 1.82) is 0 Å². The van der Waals surface area contributed by atoms with Gasteiger partial charge in [0, 0.05) is 67.9 Å². The molecule has 18 heteroatoms. The van der Waals surface area contributed by atoms with E-state index in [4.69, 9.17) is 40.5 Å². The van der Waals surface area contributed by atoms with Crippen LogP contribution >= 0.6 is 22.9 Å². The number of hydrogen-bond acceptors (Lipinski definition) is 14. The predicted molar refractivity (Wildman–Crippen MR) is 251 cm³/mol. The number of aromatic nitrogens is 2. The van der Waals surface area contributed by atoms with Gasteiger partial charge in [0.1, 0.15) is 58.7 Å². The van der Waals surface area contributed by atoms with Gasteiger partial charge in [0.2, 0.25) is 11.8 Å². The molecule has 3 amide bonds. The number of nitrogens with zero attached hydrogens (tertiary/aromatic N) is 5. The lowest BCUT2D eigenvalue weighted by Gasteiger charge is -2.35. The number of fused-ring (bicyclic) bond motifs is 1. The Labute approximate surface area is 391 Å². The Morgan fingerprint density at radius 3 is 2.45 bits per heavy atom. The molecule has 2 aliphatic carbocycles. The van der Waals surface area contributed by atoms with Gasteiger partial charge in [-0.3, -0.25) is 14.5 Å². The van der Waals surface area contributed by atoms with Crippen LogP contribution in [-0.2, 0) is 23.9 Å². The van der Waals surface area contributed by atoms with Gasteiger partial charge < -0.3 is 44.7 Å². The van der Waals surface area contributed by atoms with Crippen molar-refractivity contribution in [1.82, 2.24) is 35.3 Å². The number of thiazole rings is 1. The molecule has 4 fully saturated rings. The first-order valence-electron chi connectivity index (χ1n) is 22.8. The second kappa shape index (κ2) is 20.0. The van der Waals surface area contributed by atoms with Crippen LogP contribution in [0, 0.1) is 17.3 Å². The minimum Gasteiger partial charge on any atom is -0.491 e. The van der Waals surface area contributed by atoms with Crippen molar-refractivity contribution in [3.8, 4) is 22.9 Å². The summed E-state index contributed by atoms with van der Waals surface area (Å²) >= 11 is 8.61. The number of ether oxygens (including phenoxy) is 4. The van der Waals surface area contributed by atoms with E-state index in [0.717, 1.165) is 57.1 Å². The van der Waals surface area contributed by atoms with Gasteiger partial charge in [0.25, 0.3) is 0 Å². The minimum absolute atomic E-state index is 0.0179. The number of benzene rings is 1. The van der Waals surface area contributed by atoms with Crippen LogP contribution in [0.1, 0.15) is 73.6 Å². The lowest BCUT2D eigenvalue weighted by molar-refractivity contribution is -0.148. The van der Waals surface area contributed by atoms with Gasteiger partial charge in [-0.05, 0) is 70.0 Å². The Bertz CT molecular complexity index is 2240. The minimum atomic E-state index is -1.31. The topological polar surface area (TPSA) is 177 Å². The number of carbonyl (C=O) groups is 4. The standard InChI is InChI=1S/C47H65ClN8O8S/c1-10-29-24-47(29,43(59)61-9)53-41(57)35-22-31(25-56(35)42(58)40(46(5,6)7)52-45(60)64-30-12-11-28(4)21-30)63-37-23-33(34-26-65-44(51-34)49-27(2)3)50-39-32(37)13-14-36(38(39)48)62-20-19-55-17-15-54(8)16-18-55/h10,13-14,23,26-31,35,40H,1,11-12,15-22,24-25H2,2-9H3,(H,49,51)(H,52,60)(H,53,57)/t28-,29-,30+,31-,35+,40-,47?/m1/s1.